The van der Waals surface area contributed by atoms with Crippen LogP contribution in [0.2, 0.25) is 0 Å². The molecule has 0 unspecified atom stereocenters. The lowest BCUT2D eigenvalue weighted by atomic mass is 9.91. The zero-order valence-corrected chi connectivity index (χ0v) is 7.52. The Kier molecular flexibility index (Phi) is 4.34. The maximum absolute atomic E-state index is 8.14. The van der Waals surface area contributed by atoms with Crippen molar-refractivity contribution in [3.05, 3.63) is 17.9 Å². The van der Waals surface area contributed by atoms with Crippen LogP contribution in [0.4, 0.5) is 0 Å². The van der Waals surface area contributed by atoms with Crippen molar-refractivity contribution in [2.45, 2.75) is 33.6 Å². The van der Waals surface area contributed by atoms with E-state index in [1.165, 1.54) is 6.08 Å². The van der Waals surface area contributed by atoms with Gasteiger partial charge in [0.05, 0.1) is 12.1 Å². The topological polar surface area (TPSA) is 23.8 Å². The first kappa shape index (κ1) is 10.0. The van der Waals surface area contributed by atoms with Crippen LogP contribution in [0.1, 0.15) is 33.6 Å². The van der Waals surface area contributed by atoms with Crippen LogP contribution in [0, 0.1) is 16.7 Å². The molecule has 0 aromatic carbocycles. The average Bonchev–Trinajstić information content (AvgIpc) is 1.85. The Bertz CT molecular complexity index is 194. The summed E-state index contributed by atoms with van der Waals surface area (Å²) in [6, 6.07) is 1.90. The second-order valence-corrected chi connectivity index (χ2v) is 3.74. The average molecular weight is 149 g/mol. The zero-order chi connectivity index (χ0) is 8.74. The van der Waals surface area contributed by atoms with Crippen molar-refractivity contribution < 1.29 is 0 Å². The molecule has 0 heterocycles. The highest BCUT2D eigenvalue weighted by Gasteiger charge is 2.07. The van der Waals surface area contributed by atoms with Crippen LogP contribution < -0.4 is 0 Å². The van der Waals surface area contributed by atoms with Crippen molar-refractivity contribution in [3.63, 3.8) is 0 Å². The SMILES string of the molecule is CC(C)(C)CCC=C=CC#N. The number of allylic oxidation sites excluding steroid dienone is 1. The summed E-state index contributed by atoms with van der Waals surface area (Å²) in [5.74, 6) is 0. The van der Waals surface area contributed by atoms with Gasteiger partial charge in [0, 0.05) is 0 Å². The molecule has 0 aromatic heterocycles. The van der Waals surface area contributed by atoms with E-state index in [2.05, 4.69) is 26.5 Å². The normalized spacial score (nSPS) is 9.64. The minimum absolute atomic E-state index is 0.380. The molecule has 0 spiro atoms. The monoisotopic (exact) mass is 149 g/mol. The van der Waals surface area contributed by atoms with E-state index in [9.17, 15) is 0 Å². The van der Waals surface area contributed by atoms with Crippen molar-refractivity contribution in [1.29, 1.82) is 5.26 Å². The summed E-state index contributed by atoms with van der Waals surface area (Å²) < 4.78 is 0. The molecule has 0 N–H and O–H groups in total. The van der Waals surface area contributed by atoms with Crippen molar-refractivity contribution in [1.82, 2.24) is 0 Å². The quantitative estimate of drug-likeness (QED) is 0.437. The summed E-state index contributed by atoms with van der Waals surface area (Å²) in [5, 5.41) is 8.14. The van der Waals surface area contributed by atoms with Crippen LogP contribution in [0.5, 0.6) is 0 Å². The van der Waals surface area contributed by atoms with Crippen LogP contribution in [0.15, 0.2) is 17.9 Å². The van der Waals surface area contributed by atoms with E-state index in [4.69, 9.17) is 5.26 Å². The summed E-state index contributed by atoms with van der Waals surface area (Å²) in [4.78, 5) is 0. The molecule has 1 heteroatoms. The molecule has 0 aliphatic rings. The van der Waals surface area contributed by atoms with E-state index in [1.54, 1.807) is 0 Å². The van der Waals surface area contributed by atoms with Crippen molar-refractivity contribution in [3.8, 4) is 6.07 Å². The van der Waals surface area contributed by atoms with Gasteiger partial charge < -0.3 is 0 Å². The van der Waals surface area contributed by atoms with Gasteiger partial charge in [0.2, 0.25) is 0 Å². The van der Waals surface area contributed by atoms with Gasteiger partial charge in [0.1, 0.15) is 0 Å². The number of nitriles is 1. The van der Waals surface area contributed by atoms with Crippen LogP contribution >= 0.6 is 0 Å². The van der Waals surface area contributed by atoms with Gasteiger partial charge in [-0.1, -0.05) is 20.8 Å². The summed E-state index contributed by atoms with van der Waals surface area (Å²) in [6.45, 7) is 6.61. The molecule has 0 atom stereocenters. The Balaban J connectivity index is 3.60. The van der Waals surface area contributed by atoms with E-state index in [0.717, 1.165) is 12.8 Å². The largest absolute Gasteiger partial charge is 0.192 e. The standard InChI is InChI=1S/C10H15N/c1-10(2,3)8-6-4-5-7-9-11/h4,7H,6,8H2,1-3H3. The van der Waals surface area contributed by atoms with Gasteiger partial charge in [0.15, 0.2) is 0 Å². The highest BCUT2D eigenvalue weighted by atomic mass is 14.2. The molecule has 0 aliphatic carbocycles. The van der Waals surface area contributed by atoms with Gasteiger partial charge in [-0.15, -0.1) is 5.73 Å². The fourth-order valence-electron chi connectivity index (χ4n) is 0.685. The molecule has 0 fully saturated rings. The van der Waals surface area contributed by atoms with E-state index in [-0.39, 0.29) is 0 Å². The first-order chi connectivity index (χ1) is 5.06. The molecular weight excluding hydrogens is 134 g/mol. The lowest BCUT2D eigenvalue weighted by Gasteiger charge is -2.15. The fourth-order valence-corrected chi connectivity index (χ4v) is 0.685. The van der Waals surface area contributed by atoms with Gasteiger partial charge in [0.25, 0.3) is 0 Å². The van der Waals surface area contributed by atoms with E-state index >= 15 is 0 Å². The molecule has 60 valence electrons. The Hall–Kier alpha value is -0.990. The zero-order valence-electron chi connectivity index (χ0n) is 7.52. The van der Waals surface area contributed by atoms with E-state index in [1.807, 2.05) is 12.1 Å². The molecule has 0 amide bonds. The number of hydrogen-bond donors (Lipinski definition) is 0. The predicted octanol–water partition coefficient (Wildman–Crippen LogP) is 3.05. The highest BCUT2D eigenvalue weighted by Crippen LogP contribution is 2.20. The highest BCUT2D eigenvalue weighted by molar-refractivity contribution is 5.01. The lowest BCUT2D eigenvalue weighted by molar-refractivity contribution is 0.381. The molecule has 0 radical (unpaired) electrons. The Morgan fingerprint density at radius 3 is 2.45 bits per heavy atom. The Morgan fingerprint density at radius 1 is 1.36 bits per heavy atom. The second kappa shape index (κ2) is 4.77. The predicted molar refractivity (Wildman–Crippen MR) is 47.0 cm³/mol. The number of hydrogen-bond acceptors (Lipinski definition) is 1. The minimum atomic E-state index is 0.380. The first-order valence-corrected chi connectivity index (χ1v) is 3.85. The molecule has 0 bridgehead atoms. The molecule has 1 nitrogen and oxygen atoms in total. The third-order valence-electron chi connectivity index (χ3n) is 1.30. The first-order valence-electron chi connectivity index (χ1n) is 3.85. The Labute approximate surface area is 69.0 Å². The van der Waals surface area contributed by atoms with E-state index in [0.29, 0.717) is 5.41 Å². The molecule has 11 heavy (non-hydrogen) atoms. The van der Waals surface area contributed by atoms with Crippen LogP contribution in [-0.2, 0) is 0 Å². The van der Waals surface area contributed by atoms with Crippen LogP contribution in [0.3, 0.4) is 0 Å². The molecule has 0 aliphatic heterocycles. The lowest BCUT2D eigenvalue weighted by Crippen LogP contribution is -2.02. The van der Waals surface area contributed by atoms with Crippen molar-refractivity contribution >= 4 is 0 Å². The maximum atomic E-state index is 8.14. The summed E-state index contributed by atoms with van der Waals surface area (Å²) >= 11 is 0. The van der Waals surface area contributed by atoms with Crippen molar-refractivity contribution in [2.24, 2.45) is 5.41 Å². The summed E-state index contributed by atoms with van der Waals surface area (Å²) in [6.07, 6.45) is 5.43. The maximum Gasteiger partial charge on any atom is 0.0996 e. The Morgan fingerprint density at radius 2 is 2.00 bits per heavy atom. The van der Waals surface area contributed by atoms with Gasteiger partial charge in [-0.05, 0) is 24.3 Å². The third kappa shape index (κ3) is 9.01. The van der Waals surface area contributed by atoms with Gasteiger partial charge in [-0.2, -0.15) is 5.26 Å². The third-order valence-corrected chi connectivity index (χ3v) is 1.30. The van der Waals surface area contributed by atoms with Crippen LogP contribution in [-0.4, -0.2) is 0 Å². The molecule has 0 saturated carbocycles. The van der Waals surface area contributed by atoms with Crippen molar-refractivity contribution in [2.75, 3.05) is 0 Å². The second-order valence-electron chi connectivity index (χ2n) is 3.74. The summed E-state index contributed by atoms with van der Waals surface area (Å²) in [7, 11) is 0. The smallest absolute Gasteiger partial charge is 0.0996 e. The minimum Gasteiger partial charge on any atom is -0.192 e. The fraction of sp³-hybridized carbons (Fsp3) is 0.600. The van der Waals surface area contributed by atoms with Gasteiger partial charge >= 0.3 is 0 Å². The van der Waals surface area contributed by atoms with Gasteiger partial charge in [-0.25, -0.2) is 0 Å². The van der Waals surface area contributed by atoms with Gasteiger partial charge in [-0.3, -0.25) is 0 Å². The molecule has 0 aromatic rings. The molecule has 0 saturated heterocycles. The number of nitrogens with zero attached hydrogens (tertiary/aromatic N) is 1. The molecular formula is C10H15N. The number of rotatable bonds is 2. The summed E-state index contributed by atoms with van der Waals surface area (Å²) in [5.41, 5.74) is 3.18. The van der Waals surface area contributed by atoms with E-state index < -0.39 is 0 Å². The van der Waals surface area contributed by atoms with Crippen LogP contribution in [0.25, 0.3) is 0 Å². The molecule has 0 rings (SSSR count).